The molecule has 1 heterocycles. The number of benzene rings is 2. The van der Waals surface area contributed by atoms with Gasteiger partial charge in [0.1, 0.15) is 5.82 Å². The molecule has 5 heteroatoms. The van der Waals surface area contributed by atoms with Gasteiger partial charge in [-0.3, -0.25) is 4.79 Å². The lowest BCUT2D eigenvalue weighted by Crippen LogP contribution is -2.15. The molecule has 0 saturated heterocycles. The lowest BCUT2D eigenvalue weighted by molar-refractivity contribution is 0.102. The monoisotopic (exact) mass is 297 g/mol. The molecule has 0 unspecified atom stereocenters. The van der Waals surface area contributed by atoms with Crippen molar-refractivity contribution >= 4 is 39.8 Å². The van der Waals surface area contributed by atoms with E-state index >= 15 is 0 Å². The van der Waals surface area contributed by atoms with Crippen LogP contribution in [0.2, 0.25) is 5.02 Å². The van der Waals surface area contributed by atoms with Crippen LogP contribution in [0, 0.1) is 0 Å². The van der Waals surface area contributed by atoms with Gasteiger partial charge in [-0.2, -0.15) is 0 Å². The molecular formula is C16H12ClN3O. The van der Waals surface area contributed by atoms with Crippen LogP contribution in [0.1, 0.15) is 10.4 Å². The molecule has 0 aliphatic carbocycles. The Kier molecular flexibility index (Phi) is 3.46. The number of hydrogen-bond acceptors (Lipinski definition) is 3. The molecule has 3 rings (SSSR count). The standard InChI is InChI=1S/C16H12ClN3O/c17-11-6-8-14(19-9-11)20-16(21)13-7-5-10-3-1-2-4-12(10)15(13)18/h1-9H,18H2,(H,19,20,21). The van der Waals surface area contributed by atoms with Crippen LogP contribution in [0.25, 0.3) is 10.8 Å². The maximum absolute atomic E-state index is 12.3. The van der Waals surface area contributed by atoms with Crippen molar-refractivity contribution in [1.82, 2.24) is 4.98 Å². The number of anilines is 2. The number of hydrogen-bond donors (Lipinski definition) is 2. The minimum atomic E-state index is -0.298. The molecule has 1 amide bonds. The van der Waals surface area contributed by atoms with Gasteiger partial charge in [-0.25, -0.2) is 4.98 Å². The first-order chi connectivity index (χ1) is 10.1. The topological polar surface area (TPSA) is 68.0 Å². The summed E-state index contributed by atoms with van der Waals surface area (Å²) in [6.07, 6.45) is 1.47. The van der Waals surface area contributed by atoms with E-state index in [0.29, 0.717) is 22.1 Å². The molecule has 3 N–H and O–H groups in total. The number of pyridine rings is 1. The van der Waals surface area contributed by atoms with E-state index < -0.39 is 0 Å². The van der Waals surface area contributed by atoms with E-state index in [2.05, 4.69) is 10.3 Å². The van der Waals surface area contributed by atoms with Crippen LogP contribution in [0.5, 0.6) is 0 Å². The van der Waals surface area contributed by atoms with Crippen molar-refractivity contribution in [3.63, 3.8) is 0 Å². The molecule has 1 aromatic heterocycles. The molecule has 0 bridgehead atoms. The SMILES string of the molecule is Nc1c(C(=O)Nc2ccc(Cl)cn2)ccc2ccccc12. The molecule has 21 heavy (non-hydrogen) atoms. The van der Waals surface area contributed by atoms with Gasteiger partial charge < -0.3 is 11.1 Å². The van der Waals surface area contributed by atoms with Crippen molar-refractivity contribution in [2.75, 3.05) is 11.1 Å². The molecule has 4 nitrogen and oxygen atoms in total. The number of fused-ring (bicyclic) bond motifs is 1. The van der Waals surface area contributed by atoms with Gasteiger partial charge >= 0.3 is 0 Å². The highest BCUT2D eigenvalue weighted by atomic mass is 35.5. The molecule has 0 fully saturated rings. The highest BCUT2D eigenvalue weighted by Gasteiger charge is 2.12. The zero-order valence-electron chi connectivity index (χ0n) is 11.0. The van der Waals surface area contributed by atoms with E-state index in [9.17, 15) is 4.79 Å². The first-order valence-electron chi connectivity index (χ1n) is 6.35. The van der Waals surface area contributed by atoms with Gasteiger partial charge in [-0.1, -0.05) is 41.9 Å². The van der Waals surface area contributed by atoms with E-state index in [1.807, 2.05) is 30.3 Å². The van der Waals surface area contributed by atoms with Crippen LogP contribution in [-0.4, -0.2) is 10.9 Å². The van der Waals surface area contributed by atoms with E-state index in [0.717, 1.165) is 10.8 Å². The molecule has 104 valence electrons. The molecule has 0 aliphatic rings. The molecule has 2 aromatic carbocycles. The van der Waals surface area contributed by atoms with Crippen LogP contribution in [-0.2, 0) is 0 Å². The quantitative estimate of drug-likeness (QED) is 0.708. The smallest absolute Gasteiger partial charge is 0.258 e. The number of nitrogens with one attached hydrogen (secondary N) is 1. The average Bonchev–Trinajstić information content (AvgIpc) is 2.50. The largest absolute Gasteiger partial charge is 0.398 e. The van der Waals surface area contributed by atoms with Gasteiger partial charge in [0.25, 0.3) is 5.91 Å². The summed E-state index contributed by atoms with van der Waals surface area (Å²) in [4.78, 5) is 16.3. The Morgan fingerprint density at radius 3 is 2.67 bits per heavy atom. The van der Waals surface area contributed by atoms with Crippen molar-refractivity contribution in [2.45, 2.75) is 0 Å². The minimum absolute atomic E-state index is 0.298. The molecule has 0 spiro atoms. The maximum atomic E-state index is 12.3. The van der Waals surface area contributed by atoms with Crippen LogP contribution in [0.4, 0.5) is 11.5 Å². The predicted octanol–water partition coefficient (Wildman–Crippen LogP) is 3.72. The zero-order chi connectivity index (χ0) is 14.8. The van der Waals surface area contributed by atoms with Crippen molar-refractivity contribution in [1.29, 1.82) is 0 Å². The summed E-state index contributed by atoms with van der Waals surface area (Å²) in [5.41, 5.74) is 6.97. The van der Waals surface area contributed by atoms with E-state index in [-0.39, 0.29) is 5.91 Å². The number of nitrogens with two attached hydrogens (primary N) is 1. The fraction of sp³-hybridized carbons (Fsp3) is 0. The predicted molar refractivity (Wildman–Crippen MR) is 85.6 cm³/mol. The summed E-state index contributed by atoms with van der Waals surface area (Å²) in [6, 6.07) is 14.5. The Balaban J connectivity index is 1.94. The van der Waals surface area contributed by atoms with Crippen molar-refractivity contribution in [3.05, 3.63) is 65.3 Å². The van der Waals surface area contributed by atoms with E-state index in [4.69, 9.17) is 17.3 Å². The number of nitrogen functional groups attached to an aromatic ring is 1. The van der Waals surface area contributed by atoms with Gasteiger partial charge in [-0.05, 0) is 23.6 Å². The number of carbonyl (C=O) groups is 1. The van der Waals surface area contributed by atoms with Gasteiger partial charge in [0.15, 0.2) is 0 Å². The molecule has 0 atom stereocenters. The lowest BCUT2D eigenvalue weighted by atomic mass is 10.0. The normalized spacial score (nSPS) is 10.5. The second-order valence-corrected chi connectivity index (χ2v) is 5.00. The molecule has 0 radical (unpaired) electrons. The molecule has 0 saturated carbocycles. The summed E-state index contributed by atoms with van der Waals surface area (Å²) in [6.45, 7) is 0. The summed E-state index contributed by atoms with van der Waals surface area (Å²) in [7, 11) is 0. The van der Waals surface area contributed by atoms with Crippen LogP contribution < -0.4 is 11.1 Å². The van der Waals surface area contributed by atoms with Crippen molar-refractivity contribution < 1.29 is 4.79 Å². The van der Waals surface area contributed by atoms with Crippen LogP contribution in [0.15, 0.2) is 54.7 Å². The lowest BCUT2D eigenvalue weighted by Gasteiger charge is -2.09. The maximum Gasteiger partial charge on any atom is 0.258 e. The molecule has 0 aliphatic heterocycles. The first-order valence-corrected chi connectivity index (χ1v) is 6.73. The number of aromatic nitrogens is 1. The van der Waals surface area contributed by atoms with Gasteiger partial charge in [-0.15, -0.1) is 0 Å². The number of amides is 1. The van der Waals surface area contributed by atoms with Gasteiger partial charge in [0, 0.05) is 11.6 Å². The fourth-order valence-corrected chi connectivity index (χ4v) is 2.24. The van der Waals surface area contributed by atoms with Crippen molar-refractivity contribution in [2.24, 2.45) is 0 Å². The Morgan fingerprint density at radius 2 is 1.90 bits per heavy atom. The highest BCUT2D eigenvalue weighted by Crippen LogP contribution is 2.25. The number of nitrogens with zero attached hydrogens (tertiary/aromatic N) is 1. The summed E-state index contributed by atoms with van der Waals surface area (Å²) in [5, 5.41) is 5.07. The number of rotatable bonds is 2. The van der Waals surface area contributed by atoms with Gasteiger partial charge in [0.2, 0.25) is 0 Å². The van der Waals surface area contributed by atoms with Crippen molar-refractivity contribution in [3.8, 4) is 0 Å². The van der Waals surface area contributed by atoms with Gasteiger partial charge in [0.05, 0.1) is 16.3 Å². The third-order valence-corrected chi connectivity index (χ3v) is 3.41. The Labute approximate surface area is 126 Å². The summed E-state index contributed by atoms with van der Waals surface area (Å²) < 4.78 is 0. The molecular weight excluding hydrogens is 286 g/mol. The molecule has 3 aromatic rings. The summed E-state index contributed by atoms with van der Waals surface area (Å²) >= 11 is 5.76. The number of halogens is 1. The zero-order valence-corrected chi connectivity index (χ0v) is 11.8. The highest BCUT2D eigenvalue weighted by molar-refractivity contribution is 6.30. The first kappa shape index (κ1) is 13.4. The van der Waals surface area contributed by atoms with Crippen LogP contribution >= 0.6 is 11.6 Å². The minimum Gasteiger partial charge on any atom is -0.398 e. The number of carbonyl (C=O) groups excluding carboxylic acids is 1. The third-order valence-electron chi connectivity index (χ3n) is 3.18. The second-order valence-electron chi connectivity index (χ2n) is 4.56. The van der Waals surface area contributed by atoms with E-state index in [1.54, 1.807) is 18.2 Å². The Hall–Kier alpha value is -2.59. The average molecular weight is 298 g/mol. The third kappa shape index (κ3) is 2.66. The van der Waals surface area contributed by atoms with Crippen LogP contribution in [0.3, 0.4) is 0 Å². The Morgan fingerprint density at radius 1 is 1.10 bits per heavy atom. The summed E-state index contributed by atoms with van der Waals surface area (Å²) in [5.74, 6) is 0.130. The Bertz CT molecular complexity index is 815. The second kappa shape index (κ2) is 5.42. The fourth-order valence-electron chi connectivity index (χ4n) is 2.13. The van der Waals surface area contributed by atoms with E-state index in [1.165, 1.54) is 6.20 Å².